The second kappa shape index (κ2) is 8.37. The summed E-state index contributed by atoms with van der Waals surface area (Å²) in [4.78, 5) is 15.1. The highest BCUT2D eigenvalue weighted by atomic mass is 16.5. The van der Waals surface area contributed by atoms with Gasteiger partial charge in [-0.25, -0.2) is 0 Å². The molecule has 26 heavy (non-hydrogen) atoms. The molecule has 4 nitrogen and oxygen atoms in total. The highest BCUT2D eigenvalue weighted by Gasteiger charge is 2.25. The number of ether oxygens (including phenoxy) is 1. The van der Waals surface area contributed by atoms with E-state index in [0.29, 0.717) is 5.75 Å². The van der Waals surface area contributed by atoms with Gasteiger partial charge in [0.1, 0.15) is 5.75 Å². The first kappa shape index (κ1) is 18.5. The fourth-order valence-electron chi connectivity index (χ4n) is 3.54. The van der Waals surface area contributed by atoms with E-state index in [2.05, 4.69) is 41.4 Å². The first-order valence-corrected chi connectivity index (χ1v) is 9.29. The topological polar surface area (TPSA) is 41.6 Å². The minimum absolute atomic E-state index is 0.0633. The normalized spacial score (nSPS) is 15.7. The molecule has 0 unspecified atom stereocenters. The van der Waals surface area contributed by atoms with E-state index in [1.807, 2.05) is 25.1 Å². The van der Waals surface area contributed by atoms with E-state index in [1.165, 1.54) is 11.1 Å². The maximum atomic E-state index is 12.7. The average molecular weight is 352 g/mol. The molecule has 0 atom stereocenters. The van der Waals surface area contributed by atoms with Crippen LogP contribution in [0.2, 0.25) is 0 Å². The Labute approximate surface area is 156 Å². The molecule has 1 heterocycles. The van der Waals surface area contributed by atoms with Gasteiger partial charge in [0.25, 0.3) is 0 Å². The van der Waals surface area contributed by atoms with E-state index in [0.717, 1.165) is 43.7 Å². The molecule has 1 fully saturated rings. The van der Waals surface area contributed by atoms with Crippen molar-refractivity contribution in [3.63, 3.8) is 0 Å². The molecule has 0 bridgehead atoms. The van der Waals surface area contributed by atoms with Gasteiger partial charge in [-0.15, -0.1) is 0 Å². The van der Waals surface area contributed by atoms with Crippen LogP contribution >= 0.6 is 0 Å². The first-order chi connectivity index (χ1) is 12.6. The molecule has 0 aromatic heterocycles. The molecule has 0 radical (unpaired) electrons. The highest BCUT2D eigenvalue weighted by molar-refractivity contribution is 5.94. The number of aryl methyl sites for hydroxylation is 2. The van der Waals surface area contributed by atoms with Gasteiger partial charge in [-0.1, -0.05) is 30.3 Å². The van der Waals surface area contributed by atoms with Crippen molar-refractivity contribution < 1.29 is 9.53 Å². The summed E-state index contributed by atoms with van der Waals surface area (Å²) in [6.45, 7) is 7.05. The molecule has 4 heteroatoms. The Balaban J connectivity index is 1.55. The van der Waals surface area contributed by atoms with E-state index in [9.17, 15) is 4.79 Å². The minimum atomic E-state index is 0.0633. The maximum absolute atomic E-state index is 12.7. The summed E-state index contributed by atoms with van der Waals surface area (Å²) in [5.74, 6) is 0.874. The van der Waals surface area contributed by atoms with Crippen LogP contribution in [0.1, 0.15) is 29.5 Å². The van der Waals surface area contributed by atoms with Crippen molar-refractivity contribution in [2.75, 3.05) is 25.5 Å². The monoisotopic (exact) mass is 352 g/mol. The molecule has 0 aliphatic carbocycles. The van der Waals surface area contributed by atoms with Crippen LogP contribution in [0, 0.1) is 19.8 Å². The number of nitrogens with zero attached hydrogens (tertiary/aromatic N) is 1. The molecule has 1 amide bonds. The second-order valence-corrected chi connectivity index (χ2v) is 7.17. The summed E-state index contributed by atoms with van der Waals surface area (Å²) in [5.41, 5.74) is 4.58. The number of hydrogen-bond acceptors (Lipinski definition) is 3. The lowest BCUT2D eigenvalue weighted by Crippen LogP contribution is -2.37. The Bertz CT molecular complexity index is 764. The standard InChI is InChI=1S/C22H28N2O2/c1-16-8-9-21(26-3)20(14-16)23-22(25)18-10-12-24(13-11-18)15-19-7-5-4-6-17(19)2/h4-9,14,18H,10-13,15H2,1-3H3,(H,23,25). The second-order valence-electron chi connectivity index (χ2n) is 7.17. The third-order valence-electron chi connectivity index (χ3n) is 5.23. The van der Waals surface area contributed by atoms with Gasteiger partial charge >= 0.3 is 0 Å². The molecule has 2 aromatic carbocycles. The zero-order valence-corrected chi connectivity index (χ0v) is 15.9. The highest BCUT2D eigenvalue weighted by Crippen LogP contribution is 2.27. The lowest BCUT2D eigenvalue weighted by atomic mass is 9.95. The van der Waals surface area contributed by atoms with Crippen LogP contribution in [0.15, 0.2) is 42.5 Å². The molecule has 0 spiro atoms. The van der Waals surface area contributed by atoms with Gasteiger partial charge in [0, 0.05) is 12.5 Å². The molecule has 1 saturated heterocycles. The van der Waals surface area contributed by atoms with E-state index in [-0.39, 0.29) is 11.8 Å². The van der Waals surface area contributed by atoms with Crippen molar-refractivity contribution in [3.05, 3.63) is 59.2 Å². The molecular weight excluding hydrogens is 324 g/mol. The lowest BCUT2D eigenvalue weighted by Gasteiger charge is -2.31. The number of carbonyl (C=O) groups is 1. The largest absolute Gasteiger partial charge is 0.495 e. The Hall–Kier alpha value is -2.33. The summed E-state index contributed by atoms with van der Waals surface area (Å²) in [6, 6.07) is 14.4. The molecule has 1 aliphatic heterocycles. The van der Waals surface area contributed by atoms with Gasteiger partial charge in [-0.3, -0.25) is 9.69 Å². The summed E-state index contributed by atoms with van der Waals surface area (Å²) in [6.07, 6.45) is 1.79. The van der Waals surface area contributed by atoms with Crippen LogP contribution in [-0.2, 0) is 11.3 Å². The smallest absolute Gasteiger partial charge is 0.227 e. The van der Waals surface area contributed by atoms with E-state index >= 15 is 0 Å². The Kier molecular flexibility index (Phi) is 5.94. The third kappa shape index (κ3) is 4.44. The van der Waals surface area contributed by atoms with Gasteiger partial charge in [-0.05, 0) is 68.6 Å². The van der Waals surface area contributed by atoms with Crippen molar-refractivity contribution in [2.45, 2.75) is 33.2 Å². The van der Waals surface area contributed by atoms with Crippen LogP contribution in [0.25, 0.3) is 0 Å². The quantitative estimate of drug-likeness (QED) is 0.878. The van der Waals surface area contributed by atoms with E-state index in [4.69, 9.17) is 4.74 Å². The number of nitrogens with one attached hydrogen (secondary N) is 1. The molecule has 3 rings (SSSR count). The van der Waals surface area contributed by atoms with Gasteiger partial charge in [-0.2, -0.15) is 0 Å². The molecule has 1 aliphatic rings. The molecule has 0 saturated carbocycles. The zero-order valence-electron chi connectivity index (χ0n) is 15.9. The van der Waals surface area contributed by atoms with Crippen LogP contribution < -0.4 is 10.1 Å². The Morgan fingerprint density at radius 3 is 2.58 bits per heavy atom. The number of likely N-dealkylation sites (tertiary alicyclic amines) is 1. The Morgan fingerprint density at radius 1 is 1.15 bits per heavy atom. The number of anilines is 1. The van der Waals surface area contributed by atoms with Crippen molar-refractivity contribution in [1.29, 1.82) is 0 Å². The number of rotatable bonds is 5. The molecular formula is C22H28N2O2. The summed E-state index contributed by atoms with van der Waals surface area (Å²) < 4.78 is 5.36. The van der Waals surface area contributed by atoms with Crippen LogP contribution in [0.5, 0.6) is 5.75 Å². The molecule has 138 valence electrons. The van der Waals surface area contributed by atoms with E-state index in [1.54, 1.807) is 7.11 Å². The first-order valence-electron chi connectivity index (χ1n) is 9.29. The van der Waals surface area contributed by atoms with Gasteiger partial charge in [0.15, 0.2) is 0 Å². The lowest BCUT2D eigenvalue weighted by molar-refractivity contribution is -0.121. The van der Waals surface area contributed by atoms with Crippen LogP contribution in [0.3, 0.4) is 0 Å². The SMILES string of the molecule is COc1ccc(C)cc1NC(=O)C1CCN(Cc2ccccc2C)CC1. The van der Waals surface area contributed by atoms with E-state index < -0.39 is 0 Å². The summed E-state index contributed by atoms with van der Waals surface area (Å²) in [7, 11) is 1.63. The predicted octanol–water partition coefficient (Wildman–Crippen LogP) is 4.16. The predicted molar refractivity (Wildman–Crippen MR) is 106 cm³/mol. The fraction of sp³-hybridized carbons (Fsp3) is 0.409. The number of carbonyl (C=O) groups excluding carboxylic acids is 1. The zero-order chi connectivity index (χ0) is 18.5. The number of piperidine rings is 1. The third-order valence-corrected chi connectivity index (χ3v) is 5.23. The van der Waals surface area contributed by atoms with Gasteiger partial charge in [0.2, 0.25) is 5.91 Å². The van der Waals surface area contributed by atoms with Gasteiger partial charge < -0.3 is 10.1 Å². The Morgan fingerprint density at radius 2 is 1.88 bits per heavy atom. The van der Waals surface area contributed by atoms with Crippen molar-refractivity contribution >= 4 is 11.6 Å². The molecule has 2 aromatic rings. The number of methoxy groups -OCH3 is 1. The van der Waals surface area contributed by atoms with Gasteiger partial charge in [0.05, 0.1) is 12.8 Å². The molecule has 1 N–H and O–H groups in total. The van der Waals surface area contributed by atoms with Crippen LogP contribution in [0.4, 0.5) is 5.69 Å². The maximum Gasteiger partial charge on any atom is 0.227 e. The average Bonchev–Trinajstić information content (AvgIpc) is 2.64. The number of amides is 1. The van der Waals surface area contributed by atoms with Crippen molar-refractivity contribution in [3.8, 4) is 5.75 Å². The van der Waals surface area contributed by atoms with Crippen molar-refractivity contribution in [1.82, 2.24) is 4.90 Å². The summed E-state index contributed by atoms with van der Waals surface area (Å²) >= 11 is 0. The number of hydrogen-bond donors (Lipinski definition) is 1. The van der Waals surface area contributed by atoms with Crippen molar-refractivity contribution in [2.24, 2.45) is 5.92 Å². The summed E-state index contributed by atoms with van der Waals surface area (Å²) in [5, 5.41) is 3.06. The number of benzene rings is 2. The van der Waals surface area contributed by atoms with Crippen LogP contribution in [-0.4, -0.2) is 31.0 Å². The minimum Gasteiger partial charge on any atom is -0.495 e. The fourth-order valence-corrected chi connectivity index (χ4v) is 3.54.